The number of hydrogen-bond acceptors (Lipinski definition) is 9. The molecule has 0 saturated carbocycles. The minimum Gasteiger partial charge on any atom is -0.477 e. The van der Waals surface area contributed by atoms with Crippen LogP contribution in [0.4, 0.5) is 4.79 Å². The largest absolute Gasteiger partial charge is 0.508 e. The molecule has 0 radical (unpaired) electrons. The molecule has 2 N–H and O–H groups in total. The maximum atomic E-state index is 13.0. The molecule has 12 heteroatoms. The summed E-state index contributed by atoms with van der Waals surface area (Å²) in [6.45, 7) is 3.39. The molecule has 3 aromatic rings. The van der Waals surface area contributed by atoms with Crippen LogP contribution in [-0.2, 0) is 25.7 Å². The number of rotatable bonds is 9. The van der Waals surface area contributed by atoms with Crippen molar-refractivity contribution in [3.8, 4) is 0 Å². The zero-order valence-electron chi connectivity index (χ0n) is 21.0. The quantitative estimate of drug-likeness (QED) is 0.229. The van der Waals surface area contributed by atoms with Crippen molar-refractivity contribution in [2.75, 3.05) is 12.9 Å². The van der Waals surface area contributed by atoms with Gasteiger partial charge in [-0.25, -0.2) is 14.6 Å². The molecule has 2 aliphatic rings. The number of carboxylic acid groups (broad SMARTS) is 1. The Morgan fingerprint density at radius 3 is 2.66 bits per heavy atom. The summed E-state index contributed by atoms with van der Waals surface area (Å²) in [5, 5.41) is 21.4. The van der Waals surface area contributed by atoms with Gasteiger partial charge in [0.15, 0.2) is 0 Å². The number of hydrogen-bond donors (Lipinski definition) is 2. The number of ether oxygens (including phenoxy) is 2. The fourth-order valence-corrected chi connectivity index (χ4v) is 7.43. The molecule has 2 aliphatic heterocycles. The first-order chi connectivity index (χ1) is 18.2. The Bertz CT molecular complexity index is 1430. The molecule has 4 heterocycles. The van der Waals surface area contributed by atoms with Gasteiger partial charge in [0, 0.05) is 17.2 Å². The summed E-state index contributed by atoms with van der Waals surface area (Å²) in [6, 6.07) is 8.61. The van der Waals surface area contributed by atoms with Crippen LogP contribution in [0.5, 0.6) is 0 Å². The number of thioether (sulfide) groups is 1. The van der Waals surface area contributed by atoms with Crippen molar-refractivity contribution in [1.82, 2.24) is 14.3 Å². The molecule has 2 aromatic heterocycles. The molecule has 0 aliphatic carbocycles. The van der Waals surface area contributed by atoms with Gasteiger partial charge in [0.2, 0.25) is 5.91 Å². The van der Waals surface area contributed by atoms with Gasteiger partial charge in [-0.2, -0.15) is 0 Å². The molecule has 0 spiro atoms. The number of aromatic nitrogens is 2. The van der Waals surface area contributed by atoms with E-state index in [4.69, 9.17) is 9.47 Å². The Morgan fingerprint density at radius 2 is 2.00 bits per heavy atom. The first kappa shape index (κ1) is 26.3. The molecule has 0 unspecified atom stereocenters. The first-order valence-corrected chi connectivity index (χ1v) is 14.0. The Hall–Kier alpha value is -3.35. The Morgan fingerprint density at radius 1 is 1.26 bits per heavy atom. The lowest BCUT2D eigenvalue weighted by Gasteiger charge is -2.50. The zero-order valence-corrected chi connectivity index (χ0v) is 22.6. The Labute approximate surface area is 226 Å². The number of benzene rings is 1. The van der Waals surface area contributed by atoms with E-state index in [1.54, 1.807) is 6.33 Å². The number of aliphatic hydroxyl groups excluding tert-OH is 1. The van der Waals surface area contributed by atoms with E-state index in [-0.39, 0.29) is 25.3 Å². The van der Waals surface area contributed by atoms with Crippen LogP contribution in [0.2, 0.25) is 0 Å². The van der Waals surface area contributed by atoms with Crippen molar-refractivity contribution < 1.29 is 34.1 Å². The van der Waals surface area contributed by atoms with Crippen molar-refractivity contribution in [1.29, 1.82) is 0 Å². The van der Waals surface area contributed by atoms with Crippen LogP contribution in [-0.4, -0.2) is 67.5 Å². The lowest BCUT2D eigenvalue weighted by Crippen LogP contribution is -2.66. The fourth-order valence-electron chi connectivity index (χ4n) is 5.47. The number of carboxylic acids is 1. The van der Waals surface area contributed by atoms with E-state index in [1.807, 2.05) is 54.1 Å². The highest BCUT2D eigenvalue weighted by Gasteiger charge is 2.66. The number of carbonyl (C=O) groups is 3. The average molecular weight is 558 g/mol. The smallest absolute Gasteiger partial charge is 0.477 e. The SMILES string of the molecule is CSc1ncn2cc(C3=C(C(=O)O)N4C(=O)[C@H]([C@@H](C)O)[C@H]4[C@]3(C)CCOC(=O)OCc3ccccc3)sc12. The van der Waals surface area contributed by atoms with E-state index in [0.29, 0.717) is 10.5 Å². The van der Waals surface area contributed by atoms with Crippen LogP contribution in [0, 0.1) is 11.3 Å². The van der Waals surface area contributed by atoms with E-state index in [2.05, 4.69) is 4.98 Å². The summed E-state index contributed by atoms with van der Waals surface area (Å²) in [6.07, 6.45) is 3.80. The van der Waals surface area contributed by atoms with Crippen LogP contribution >= 0.6 is 23.1 Å². The summed E-state index contributed by atoms with van der Waals surface area (Å²) in [7, 11) is 0. The van der Waals surface area contributed by atoms with Crippen molar-refractivity contribution >= 4 is 51.5 Å². The van der Waals surface area contributed by atoms with Crippen molar-refractivity contribution in [2.24, 2.45) is 11.3 Å². The molecule has 10 nitrogen and oxygen atoms in total. The number of aliphatic carboxylic acids is 1. The molecule has 1 amide bonds. The lowest BCUT2D eigenvalue weighted by molar-refractivity contribution is -0.167. The monoisotopic (exact) mass is 557 g/mol. The van der Waals surface area contributed by atoms with Crippen LogP contribution < -0.4 is 0 Å². The highest BCUT2D eigenvalue weighted by atomic mass is 32.2. The predicted molar refractivity (Wildman–Crippen MR) is 141 cm³/mol. The second-order valence-corrected chi connectivity index (χ2v) is 11.4. The standard InChI is InChI=1S/C26H27N3O7S2/c1-14(30)17-20-26(2,9-10-35-25(34)36-12-15-7-5-4-6-8-15)18(19(24(32)33)29(20)22(17)31)16-11-28-13-27-21(37-3)23(28)38-16/h4-8,11,13-14,17,20,30H,9-10,12H2,1-3H3,(H,32,33)/t14-,17-,20+,26-/m1/s1. The maximum Gasteiger partial charge on any atom is 0.508 e. The van der Waals surface area contributed by atoms with Crippen molar-refractivity contribution in [3.63, 3.8) is 0 Å². The van der Waals surface area contributed by atoms with Gasteiger partial charge >= 0.3 is 12.1 Å². The summed E-state index contributed by atoms with van der Waals surface area (Å²) in [4.78, 5) is 45.0. The Balaban J connectivity index is 1.45. The number of amides is 1. The maximum absolute atomic E-state index is 13.0. The molecule has 4 atom stereocenters. The third-order valence-corrected chi connectivity index (χ3v) is 9.17. The van der Waals surface area contributed by atoms with Crippen molar-refractivity contribution in [3.05, 3.63) is 59.0 Å². The minimum atomic E-state index is -1.23. The molecule has 1 fully saturated rings. The molecule has 38 heavy (non-hydrogen) atoms. The number of imidazole rings is 1. The highest BCUT2D eigenvalue weighted by molar-refractivity contribution is 7.98. The average Bonchev–Trinajstić information content (AvgIpc) is 3.51. The summed E-state index contributed by atoms with van der Waals surface area (Å²) in [5.74, 6) is -2.43. The van der Waals surface area contributed by atoms with Gasteiger partial charge in [-0.15, -0.1) is 23.1 Å². The third kappa shape index (κ3) is 4.26. The van der Waals surface area contributed by atoms with Crippen LogP contribution in [0.25, 0.3) is 10.4 Å². The van der Waals surface area contributed by atoms with E-state index < -0.39 is 41.5 Å². The van der Waals surface area contributed by atoms with Gasteiger partial charge < -0.3 is 24.6 Å². The van der Waals surface area contributed by atoms with E-state index in [0.717, 1.165) is 15.4 Å². The van der Waals surface area contributed by atoms with Gasteiger partial charge in [0.1, 0.15) is 28.5 Å². The summed E-state index contributed by atoms with van der Waals surface area (Å²) >= 11 is 2.87. The second kappa shape index (κ2) is 10.1. The number of β-lactam (4-membered cyclic amide) rings is 1. The zero-order chi connectivity index (χ0) is 27.2. The highest BCUT2D eigenvalue weighted by Crippen LogP contribution is 2.60. The normalized spacial score (nSPS) is 23.4. The fraction of sp³-hybridized carbons (Fsp3) is 0.385. The van der Waals surface area contributed by atoms with Gasteiger partial charge in [-0.05, 0) is 25.2 Å². The molecule has 5 rings (SSSR count). The number of thiazole rings is 1. The number of carbonyl (C=O) groups excluding carboxylic acids is 2. The predicted octanol–water partition coefficient (Wildman–Crippen LogP) is 3.88. The summed E-state index contributed by atoms with van der Waals surface area (Å²) in [5.41, 5.74) is 0.279. The summed E-state index contributed by atoms with van der Waals surface area (Å²) < 4.78 is 12.4. The minimum absolute atomic E-state index is 0.0620. The van der Waals surface area contributed by atoms with E-state index in [1.165, 1.54) is 34.9 Å². The van der Waals surface area contributed by atoms with Gasteiger partial charge in [-0.3, -0.25) is 9.20 Å². The van der Waals surface area contributed by atoms with Gasteiger partial charge in [0.05, 0.1) is 29.5 Å². The van der Waals surface area contributed by atoms with E-state index in [9.17, 15) is 24.6 Å². The van der Waals surface area contributed by atoms with Crippen LogP contribution in [0.3, 0.4) is 0 Å². The molecule has 1 saturated heterocycles. The number of aliphatic hydroxyl groups is 1. The Kier molecular flexibility index (Phi) is 6.97. The second-order valence-electron chi connectivity index (χ2n) is 9.55. The van der Waals surface area contributed by atoms with Crippen molar-refractivity contribution in [2.45, 2.75) is 44.0 Å². The molecular weight excluding hydrogens is 530 g/mol. The van der Waals surface area contributed by atoms with Crippen LogP contribution in [0.15, 0.2) is 53.6 Å². The van der Waals surface area contributed by atoms with Gasteiger partial charge in [-0.1, -0.05) is 37.3 Å². The molecular formula is C26H27N3O7S2. The third-order valence-electron chi connectivity index (χ3n) is 7.23. The lowest BCUT2D eigenvalue weighted by atomic mass is 9.66. The molecule has 200 valence electrons. The topological polar surface area (TPSA) is 131 Å². The molecule has 0 bridgehead atoms. The van der Waals surface area contributed by atoms with E-state index >= 15 is 0 Å². The van der Waals surface area contributed by atoms with Crippen LogP contribution in [0.1, 0.15) is 30.7 Å². The van der Waals surface area contributed by atoms with Gasteiger partial charge in [0.25, 0.3) is 0 Å². The number of nitrogens with zero attached hydrogens (tertiary/aromatic N) is 3. The number of fused-ring (bicyclic) bond motifs is 2. The first-order valence-electron chi connectivity index (χ1n) is 12.0. The molecule has 1 aromatic carbocycles.